The number of piperidine rings is 1. The van der Waals surface area contributed by atoms with Crippen LogP contribution in [0, 0.1) is 5.92 Å². The van der Waals surface area contributed by atoms with E-state index in [4.69, 9.17) is 9.47 Å². The van der Waals surface area contributed by atoms with Gasteiger partial charge in [-0.05, 0) is 48.1 Å². The Morgan fingerprint density at radius 1 is 0.809 bits per heavy atom. The normalized spacial score (nSPS) is 17.1. The number of ether oxygens (including phenoxy) is 2. The van der Waals surface area contributed by atoms with Crippen molar-refractivity contribution in [2.45, 2.75) is 57.3 Å². The summed E-state index contributed by atoms with van der Waals surface area (Å²) in [4.78, 5) is 67.2. The number of hydrogen-bond donors (Lipinski definition) is 2. The predicted molar refractivity (Wildman–Crippen MR) is 174 cm³/mol. The molecule has 47 heavy (non-hydrogen) atoms. The molecule has 3 aromatic carbocycles. The molecule has 0 saturated carbocycles. The highest BCUT2D eigenvalue weighted by Crippen LogP contribution is 2.23. The zero-order chi connectivity index (χ0) is 33.2. The minimum atomic E-state index is -0.952. The van der Waals surface area contributed by atoms with Gasteiger partial charge in [-0.1, -0.05) is 72.8 Å². The van der Waals surface area contributed by atoms with Crippen LogP contribution in [0.1, 0.15) is 42.4 Å². The lowest BCUT2D eigenvalue weighted by Crippen LogP contribution is -2.51. The van der Waals surface area contributed by atoms with Crippen molar-refractivity contribution in [2.75, 3.05) is 25.5 Å². The third-order valence-corrected chi connectivity index (χ3v) is 8.62. The Morgan fingerprint density at radius 2 is 1.45 bits per heavy atom. The summed E-state index contributed by atoms with van der Waals surface area (Å²) in [6.07, 6.45) is 1.48. The van der Waals surface area contributed by atoms with Crippen LogP contribution in [0.3, 0.4) is 0 Å². The van der Waals surface area contributed by atoms with E-state index in [-0.39, 0.29) is 43.3 Å². The molecule has 3 aromatic rings. The second-order valence-corrected chi connectivity index (χ2v) is 11.8. The predicted octanol–water partition coefficient (Wildman–Crippen LogP) is 4.07. The minimum Gasteiger partial charge on any atom is -0.467 e. The zero-order valence-electron chi connectivity index (χ0n) is 26.4. The van der Waals surface area contributed by atoms with Crippen molar-refractivity contribution in [3.8, 4) is 0 Å². The van der Waals surface area contributed by atoms with E-state index >= 15 is 0 Å². The molecule has 11 nitrogen and oxygen atoms in total. The number of anilines is 1. The summed E-state index contributed by atoms with van der Waals surface area (Å²) in [5, 5.41) is 5.74. The summed E-state index contributed by atoms with van der Waals surface area (Å²) in [7, 11) is 1.26. The first-order valence-corrected chi connectivity index (χ1v) is 15.9. The molecule has 0 aromatic heterocycles. The Kier molecular flexibility index (Phi) is 11.2. The number of rotatable bonds is 11. The molecule has 0 bridgehead atoms. The van der Waals surface area contributed by atoms with Crippen LogP contribution in [0.2, 0.25) is 0 Å². The first-order chi connectivity index (χ1) is 22.8. The number of nitrogens with one attached hydrogen (secondary N) is 2. The first kappa shape index (κ1) is 33.2. The van der Waals surface area contributed by atoms with Crippen LogP contribution >= 0.6 is 0 Å². The van der Waals surface area contributed by atoms with E-state index in [2.05, 4.69) is 10.6 Å². The fourth-order valence-electron chi connectivity index (χ4n) is 5.93. The molecule has 2 N–H and O–H groups in total. The molecule has 11 heteroatoms. The zero-order valence-corrected chi connectivity index (χ0v) is 26.4. The number of amides is 4. The number of nitrogens with zero attached hydrogens (tertiary/aromatic N) is 2. The maximum absolute atomic E-state index is 13.3. The molecule has 4 amide bonds. The van der Waals surface area contributed by atoms with Crippen LogP contribution in [-0.2, 0) is 48.2 Å². The Labute approximate surface area is 274 Å². The molecule has 0 spiro atoms. The van der Waals surface area contributed by atoms with Crippen molar-refractivity contribution in [1.82, 2.24) is 15.1 Å². The molecule has 5 rings (SSSR count). The Morgan fingerprint density at radius 3 is 2.09 bits per heavy atom. The second kappa shape index (κ2) is 15.9. The molecule has 2 aliphatic rings. The summed E-state index contributed by atoms with van der Waals surface area (Å²) >= 11 is 0. The molecule has 0 aliphatic carbocycles. The number of methoxy groups -OCH3 is 1. The monoisotopic (exact) mass is 640 g/mol. The van der Waals surface area contributed by atoms with Crippen LogP contribution < -0.4 is 10.6 Å². The van der Waals surface area contributed by atoms with Gasteiger partial charge >= 0.3 is 12.1 Å². The van der Waals surface area contributed by atoms with Crippen molar-refractivity contribution in [2.24, 2.45) is 5.92 Å². The molecule has 2 heterocycles. The Bertz CT molecular complexity index is 1540. The van der Waals surface area contributed by atoms with E-state index in [9.17, 15) is 24.0 Å². The maximum Gasteiger partial charge on any atom is 0.410 e. The highest BCUT2D eigenvalue weighted by atomic mass is 16.6. The number of carbonyl (C=O) groups excluding carboxylic acids is 5. The molecule has 246 valence electrons. The number of likely N-dealkylation sites (tertiary alicyclic amines) is 2. The van der Waals surface area contributed by atoms with Gasteiger partial charge in [-0.3, -0.25) is 14.4 Å². The molecule has 2 fully saturated rings. The van der Waals surface area contributed by atoms with Gasteiger partial charge in [0.2, 0.25) is 17.7 Å². The van der Waals surface area contributed by atoms with Gasteiger partial charge in [-0.2, -0.15) is 0 Å². The fourth-order valence-corrected chi connectivity index (χ4v) is 5.93. The first-order valence-electron chi connectivity index (χ1n) is 15.9. The van der Waals surface area contributed by atoms with Crippen LogP contribution in [0.25, 0.3) is 0 Å². The maximum atomic E-state index is 13.3. The lowest BCUT2D eigenvalue weighted by Gasteiger charge is -2.30. The van der Waals surface area contributed by atoms with Gasteiger partial charge in [0.1, 0.15) is 18.7 Å². The molecule has 2 saturated heterocycles. The van der Waals surface area contributed by atoms with Crippen molar-refractivity contribution >= 4 is 35.5 Å². The van der Waals surface area contributed by atoms with Crippen LogP contribution in [0.15, 0.2) is 84.9 Å². The molecule has 0 radical (unpaired) electrons. The van der Waals surface area contributed by atoms with Crippen molar-refractivity contribution in [1.29, 1.82) is 0 Å². The number of esters is 1. The SMILES string of the molecule is COC(=O)[C@H](Cc1ccc(NC(=O)C2CCN(C(=O)OCc3ccccc3)CC2)cc1)NC(=O)[C@@H]1CCC(=O)N1Cc1ccccc1. The average molecular weight is 641 g/mol. The van der Waals surface area contributed by atoms with Gasteiger partial charge in [0.15, 0.2) is 0 Å². The standard InChI is InChI=1S/C36H40N4O7/c1-46-35(44)30(38-34(43)31-16-17-32(41)40(31)23-26-8-4-2-5-9-26)22-25-12-14-29(15-13-25)37-33(42)28-18-20-39(21-19-28)36(45)47-24-27-10-6-3-7-11-27/h2-15,28,30-31H,16-24H2,1H3,(H,37,42)(H,38,43)/t30-,31-/m0/s1. The summed E-state index contributed by atoms with van der Waals surface area (Å²) < 4.78 is 10.4. The summed E-state index contributed by atoms with van der Waals surface area (Å²) in [6, 6.07) is 24.4. The van der Waals surface area contributed by atoms with Gasteiger partial charge in [-0.15, -0.1) is 0 Å². The largest absolute Gasteiger partial charge is 0.467 e. The van der Waals surface area contributed by atoms with E-state index in [1.165, 1.54) is 7.11 Å². The van der Waals surface area contributed by atoms with Crippen molar-refractivity contribution in [3.05, 3.63) is 102 Å². The van der Waals surface area contributed by atoms with Gasteiger partial charge in [-0.25, -0.2) is 9.59 Å². The van der Waals surface area contributed by atoms with E-state index in [1.807, 2.05) is 60.7 Å². The smallest absolute Gasteiger partial charge is 0.410 e. The highest BCUT2D eigenvalue weighted by molar-refractivity contribution is 5.94. The number of benzene rings is 3. The number of carbonyl (C=O) groups is 5. The van der Waals surface area contributed by atoms with Gasteiger partial charge in [0.05, 0.1) is 7.11 Å². The van der Waals surface area contributed by atoms with E-state index in [0.29, 0.717) is 44.6 Å². The fraction of sp³-hybridized carbons (Fsp3) is 0.361. The second-order valence-electron chi connectivity index (χ2n) is 11.8. The topological polar surface area (TPSA) is 134 Å². The minimum absolute atomic E-state index is 0.104. The quantitative estimate of drug-likeness (QED) is 0.302. The lowest BCUT2D eigenvalue weighted by molar-refractivity contribution is -0.146. The lowest BCUT2D eigenvalue weighted by atomic mass is 9.96. The summed E-state index contributed by atoms with van der Waals surface area (Å²) in [5.41, 5.74) is 3.19. The molecular formula is C36H40N4O7. The average Bonchev–Trinajstić information content (AvgIpc) is 3.47. The van der Waals surface area contributed by atoms with Crippen molar-refractivity contribution < 1.29 is 33.4 Å². The Hall–Kier alpha value is -5.19. The molecule has 2 atom stereocenters. The molecular weight excluding hydrogens is 600 g/mol. The van der Waals surface area contributed by atoms with Crippen molar-refractivity contribution in [3.63, 3.8) is 0 Å². The van der Waals surface area contributed by atoms with Gasteiger partial charge in [0, 0.05) is 44.1 Å². The van der Waals surface area contributed by atoms with Crippen LogP contribution in [0.4, 0.5) is 10.5 Å². The van der Waals surface area contributed by atoms with E-state index < -0.39 is 24.0 Å². The third-order valence-electron chi connectivity index (χ3n) is 8.62. The Balaban J connectivity index is 1.10. The van der Waals surface area contributed by atoms with E-state index in [0.717, 1.165) is 16.7 Å². The van der Waals surface area contributed by atoms with Gasteiger partial charge in [0.25, 0.3) is 0 Å². The van der Waals surface area contributed by atoms with Crippen LogP contribution in [0.5, 0.6) is 0 Å². The highest BCUT2D eigenvalue weighted by Gasteiger charge is 2.37. The summed E-state index contributed by atoms with van der Waals surface area (Å²) in [5.74, 6) is -1.46. The number of hydrogen-bond acceptors (Lipinski definition) is 7. The van der Waals surface area contributed by atoms with E-state index in [1.54, 1.807) is 34.1 Å². The molecule has 2 aliphatic heterocycles. The summed E-state index contributed by atoms with van der Waals surface area (Å²) in [6.45, 7) is 1.39. The third kappa shape index (κ3) is 8.96. The van der Waals surface area contributed by atoms with Crippen LogP contribution in [-0.4, -0.2) is 71.9 Å². The molecule has 0 unspecified atom stereocenters. The van der Waals surface area contributed by atoms with Gasteiger partial charge < -0.3 is 29.9 Å².